The number of nitrogens with one attached hydrogen (secondary N) is 1. The average molecular weight is 391 g/mol. The summed E-state index contributed by atoms with van der Waals surface area (Å²) in [5.41, 5.74) is -0.0571. The fraction of sp³-hybridized carbons (Fsp3) is 0.667. The summed E-state index contributed by atoms with van der Waals surface area (Å²) in [4.78, 5) is 28.4. The van der Waals surface area contributed by atoms with Crippen LogP contribution in [0.1, 0.15) is 46.7 Å². The van der Waals surface area contributed by atoms with Gasteiger partial charge in [-0.25, -0.2) is 19.1 Å². The summed E-state index contributed by atoms with van der Waals surface area (Å²) < 4.78 is 21.4. The van der Waals surface area contributed by atoms with Gasteiger partial charge in [0.15, 0.2) is 9.92 Å². The Bertz CT molecular complexity index is 743. The van der Waals surface area contributed by atoms with Crippen LogP contribution in [0.4, 0.5) is 4.79 Å². The Morgan fingerprint density at radius 3 is 2.48 bits per heavy atom. The molecule has 1 aromatic heterocycles. The Morgan fingerprint density at radius 2 is 2.04 bits per heavy atom. The highest BCUT2D eigenvalue weighted by Gasteiger charge is 2.26. The average Bonchev–Trinajstić information content (AvgIpc) is 2.82. The number of nitrogens with two attached hydrogens (primary N) is 1. The number of ether oxygens (including phenoxy) is 1. The van der Waals surface area contributed by atoms with Crippen molar-refractivity contribution >= 4 is 33.3 Å². The highest BCUT2D eigenvalue weighted by Crippen LogP contribution is 2.17. The summed E-state index contributed by atoms with van der Waals surface area (Å²) in [6, 6.07) is -0.972. The van der Waals surface area contributed by atoms with Gasteiger partial charge < -0.3 is 10.1 Å². The second-order valence-corrected chi connectivity index (χ2v) is 9.90. The van der Waals surface area contributed by atoms with Crippen molar-refractivity contribution in [1.29, 1.82) is 0 Å². The van der Waals surface area contributed by atoms with E-state index in [1.54, 1.807) is 33.1 Å². The zero-order valence-corrected chi connectivity index (χ0v) is 17.0. The smallest absolute Gasteiger partial charge is 0.408 e. The van der Waals surface area contributed by atoms with Crippen LogP contribution in [0, 0.1) is 12.8 Å². The largest absolute Gasteiger partial charge is 0.444 e. The third-order valence-corrected chi connectivity index (χ3v) is 5.57. The molecule has 1 unspecified atom stereocenters. The number of aryl methyl sites for hydroxylation is 1. The number of carbonyl (C=O) groups excluding carboxylic acids is 2. The Balaban J connectivity index is 3.02. The minimum absolute atomic E-state index is 0.0823. The molecule has 1 heterocycles. The third-order valence-electron chi connectivity index (χ3n) is 2.77. The predicted molar refractivity (Wildman–Crippen MR) is 97.5 cm³/mol. The lowest BCUT2D eigenvalue weighted by molar-refractivity contribution is -0.120. The van der Waals surface area contributed by atoms with Gasteiger partial charge in [0.25, 0.3) is 5.91 Å². The number of carbonyl (C=O) groups is 2. The van der Waals surface area contributed by atoms with Gasteiger partial charge in [0.2, 0.25) is 4.34 Å². The van der Waals surface area contributed by atoms with Gasteiger partial charge in [0, 0.05) is 11.1 Å². The van der Waals surface area contributed by atoms with Gasteiger partial charge in [-0.1, -0.05) is 13.8 Å². The zero-order valence-electron chi connectivity index (χ0n) is 15.4. The Kier molecular flexibility index (Phi) is 7.09. The van der Waals surface area contributed by atoms with Crippen molar-refractivity contribution in [2.75, 3.05) is 0 Å². The number of hydrogen-bond donors (Lipinski definition) is 2. The van der Waals surface area contributed by atoms with Crippen LogP contribution in [0.5, 0.6) is 0 Å². The lowest BCUT2D eigenvalue weighted by atomic mass is 10.0. The van der Waals surface area contributed by atoms with Crippen molar-refractivity contribution in [2.45, 2.75) is 63.9 Å². The van der Waals surface area contributed by atoms with Gasteiger partial charge in [-0.15, -0.1) is 15.7 Å². The number of thiazole rings is 1. The standard InChI is InChI=1S/C15H26N4O4S2/c1-9(2)7-11(18-13(21)23-15(4,5)6)12(20)19-25(16,22)14-17-10(3)8-24-14/h8-9,11H,7H2,1-6H3,(H,18,21)(H2,16,19,20,22)/t11-,25?/m0/s1. The fourth-order valence-corrected chi connectivity index (χ4v) is 3.92. The van der Waals surface area contributed by atoms with Crippen molar-refractivity contribution < 1.29 is 18.5 Å². The van der Waals surface area contributed by atoms with Crippen molar-refractivity contribution in [3.8, 4) is 0 Å². The van der Waals surface area contributed by atoms with Crippen LogP contribution >= 0.6 is 11.3 Å². The summed E-state index contributed by atoms with van der Waals surface area (Å²) >= 11 is 1.08. The van der Waals surface area contributed by atoms with E-state index in [-0.39, 0.29) is 10.3 Å². The molecule has 0 saturated heterocycles. The normalized spacial score (nSPS) is 15.4. The molecule has 142 valence electrons. The summed E-state index contributed by atoms with van der Waals surface area (Å²) in [7, 11) is -3.45. The number of rotatable bonds is 5. The molecule has 2 amide bonds. The third kappa shape index (κ3) is 7.49. The predicted octanol–water partition coefficient (Wildman–Crippen LogP) is 2.62. The molecule has 8 nitrogen and oxygen atoms in total. The van der Waals surface area contributed by atoms with E-state index >= 15 is 0 Å². The van der Waals surface area contributed by atoms with Crippen molar-refractivity contribution in [3.63, 3.8) is 0 Å². The van der Waals surface area contributed by atoms with Gasteiger partial charge in [-0.3, -0.25) is 4.79 Å². The molecule has 1 rings (SSSR count). The molecule has 3 N–H and O–H groups in total. The summed E-state index contributed by atoms with van der Waals surface area (Å²) in [6.07, 6.45) is -0.427. The second-order valence-electron chi connectivity index (χ2n) is 7.08. The van der Waals surface area contributed by atoms with Gasteiger partial charge in [-0.2, -0.15) is 0 Å². The van der Waals surface area contributed by atoms with E-state index in [1.807, 2.05) is 13.8 Å². The van der Waals surface area contributed by atoms with Crippen LogP contribution in [0.2, 0.25) is 0 Å². The summed E-state index contributed by atoms with van der Waals surface area (Å²) in [5, 5.41) is 9.85. The number of amides is 2. The fourth-order valence-electron chi connectivity index (χ4n) is 1.85. The van der Waals surface area contributed by atoms with Gasteiger partial charge >= 0.3 is 6.09 Å². The molecule has 10 heteroatoms. The second kappa shape index (κ2) is 8.24. The van der Waals surface area contributed by atoms with Crippen LogP contribution in [-0.4, -0.2) is 32.8 Å². The topological polar surface area (TPSA) is 124 Å². The maximum Gasteiger partial charge on any atom is 0.408 e. The number of aromatic nitrogens is 1. The quantitative estimate of drug-likeness (QED) is 0.800. The monoisotopic (exact) mass is 390 g/mol. The SMILES string of the molecule is Cc1csc(S(N)(=O)=NC(=O)[C@H](CC(C)C)NC(=O)OC(C)(C)C)n1. The maximum atomic E-state index is 12.5. The van der Waals surface area contributed by atoms with Gasteiger partial charge in [0.1, 0.15) is 11.6 Å². The van der Waals surface area contributed by atoms with E-state index in [4.69, 9.17) is 9.88 Å². The molecule has 0 aliphatic rings. The first-order chi connectivity index (χ1) is 11.3. The molecular weight excluding hydrogens is 364 g/mol. The van der Waals surface area contributed by atoms with E-state index in [2.05, 4.69) is 14.7 Å². The van der Waals surface area contributed by atoms with E-state index in [9.17, 15) is 13.8 Å². The highest BCUT2D eigenvalue weighted by atomic mass is 32.2. The number of alkyl carbamates (subject to hydrolysis) is 1. The van der Waals surface area contributed by atoms with E-state index in [1.165, 1.54) is 0 Å². The molecule has 0 bridgehead atoms. The lowest BCUT2D eigenvalue weighted by Crippen LogP contribution is -2.44. The number of hydrogen-bond acceptors (Lipinski definition) is 6. The zero-order chi connectivity index (χ0) is 19.4. The van der Waals surface area contributed by atoms with Crippen LogP contribution in [0.15, 0.2) is 14.1 Å². The molecule has 0 saturated carbocycles. The van der Waals surface area contributed by atoms with Crippen LogP contribution in [0.25, 0.3) is 0 Å². The first-order valence-corrected chi connectivity index (χ1v) is 10.3. The van der Waals surface area contributed by atoms with E-state index in [0.717, 1.165) is 11.3 Å². The molecule has 25 heavy (non-hydrogen) atoms. The molecular formula is C15H26N4O4S2. The molecule has 0 radical (unpaired) electrons. The van der Waals surface area contributed by atoms with Crippen LogP contribution < -0.4 is 10.5 Å². The molecule has 0 aliphatic heterocycles. The first-order valence-electron chi connectivity index (χ1n) is 7.80. The van der Waals surface area contributed by atoms with Crippen molar-refractivity contribution in [1.82, 2.24) is 10.3 Å². The summed E-state index contributed by atoms with van der Waals surface area (Å²) in [5.74, 6) is -0.671. The molecule has 0 fully saturated rings. The highest BCUT2D eigenvalue weighted by molar-refractivity contribution is 7.93. The summed E-state index contributed by atoms with van der Waals surface area (Å²) in [6.45, 7) is 10.7. The molecule has 1 aromatic rings. The van der Waals surface area contributed by atoms with Gasteiger partial charge in [0.05, 0.1) is 0 Å². The minimum atomic E-state index is -3.45. The van der Waals surface area contributed by atoms with Crippen LogP contribution in [0.3, 0.4) is 0 Å². The first kappa shape index (κ1) is 21.5. The Hall–Kier alpha value is -1.52. The maximum absolute atomic E-state index is 12.5. The Morgan fingerprint density at radius 1 is 1.44 bits per heavy atom. The van der Waals surface area contributed by atoms with Gasteiger partial charge in [-0.05, 0) is 40.0 Å². The molecule has 0 aliphatic carbocycles. The molecule has 2 atom stereocenters. The van der Waals surface area contributed by atoms with E-state index < -0.39 is 33.6 Å². The van der Waals surface area contributed by atoms with Crippen molar-refractivity contribution in [2.24, 2.45) is 15.4 Å². The van der Waals surface area contributed by atoms with E-state index in [0.29, 0.717) is 12.1 Å². The lowest BCUT2D eigenvalue weighted by Gasteiger charge is -2.23. The number of nitrogens with zero attached hydrogens (tertiary/aromatic N) is 2. The molecule has 0 aromatic carbocycles. The van der Waals surface area contributed by atoms with Crippen molar-refractivity contribution in [3.05, 3.63) is 11.1 Å². The minimum Gasteiger partial charge on any atom is -0.444 e. The Labute approximate surface area is 152 Å². The van der Waals surface area contributed by atoms with Crippen LogP contribution in [-0.2, 0) is 19.4 Å². The molecule has 0 spiro atoms.